The molecule has 2 aromatic carbocycles. The number of hydrogen-bond acceptors (Lipinski definition) is 1. The highest BCUT2D eigenvalue weighted by atomic mass is 16.4. The van der Waals surface area contributed by atoms with Crippen LogP contribution in [-0.4, -0.2) is 17.7 Å². The lowest BCUT2D eigenvalue weighted by molar-refractivity contribution is 0.192. The zero-order chi connectivity index (χ0) is 16.7. The minimum atomic E-state index is -1.00. The first-order valence-electron chi connectivity index (χ1n) is 7.76. The highest BCUT2D eigenvalue weighted by Crippen LogP contribution is 2.36. The van der Waals surface area contributed by atoms with Crippen molar-refractivity contribution < 1.29 is 9.90 Å². The molecule has 0 aromatic heterocycles. The maximum atomic E-state index is 11.1. The van der Waals surface area contributed by atoms with Crippen LogP contribution in [0.15, 0.2) is 72.3 Å². The molecule has 2 rings (SSSR count). The van der Waals surface area contributed by atoms with Crippen molar-refractivity contribution in [3.8, 4) is 0 Å². The van der Waals surface area contributed by atoms with Crippen LogP contribution < -0.4 is 5.32 Å². The van der Waals surface area contributed by atoms with E-state index in [4.69, 9.17) is 5.11 Å². The summed E-state index contributed by atoms with van der Waals surface area (Å²) in [6.45, 7) is 4.46. The lowest BCUT2D eigenvalue weighted by atomic mass is 9.71. The minimum Gasteiger partial charge on any atom is -0.465 e. The summed E-state index contributed by atoms with van der Waals surface area (Å²) < 4.78 is 0. The Kier molecular flexibility index (Phi) is 5.58. The zero-order valence-corrected chi connectivity index (χ0v) is 13.6. The number of carbonyl (C=O) groups is 1. The van der Waals surface area contributed by atoms with Crippen LogP contribution in [0.2, 0.25) is 0 Å². The Bertz CT molecular complexity index is 619. The van der Waals surface area contributed by atoms with Gasteiger partial charge in [0.05, 0.1) is 0 Å². The molecule has 2 N–H and O–H groups in total. The monoisotopic (exact) mass is 309 g/mol. The van der Waals surface area contributed by atoms with Crippen LogP contribution in [0.5, 0.6) is 0 Å². The molecule has 0 aliphatic heterocycles. The molecule has 0 atom stereocenters. The summed E-state index contributed by atoms with van der Waals surface area (Å²) in [5.74, 6) is 0. The highest BCUT2D eigenvalue weighted by Gasteiger charge is 2.33. The lowest BCUT2D eigenvalue weighted by Gasteiger charge is -2.34. The molecule has 0 bridgehead atoms. The Morgan fingerprint density at radius 2 is 1.48 bits per heavy atom. The fourth-order valence-electron chi connectivity index (χ4n) is 2.80. The van der Waals surface area contributed by atoms with E-state index >= 15 is 0 Å². The normalized spacial score (nSPS) is 10.9. The molecule has 1 amide bonds. The molecule has 0 fully saturated rings. The van der Waals surface area contributed by atoms with Crippen LogP contribution in [0, 0.1) is 0 Å². The molecule has 23 heavy (non-hydrogen) atoms. The summed E-state index contributed by atoms with van der Waals surface area (Å²) in [6.07, 6.45) is 1.91. The van der Waals surface area contributed by atoms with Crippen molar-refractivity contribution in [2.24, 2.45) is 0 Å². The van der Waals surface area contributed by atoms with Crippen LogP contribution in [0.3, 0.4) is 0 Å². The second-order valence-corrected chi connectivity index (χ2v) is 5.96. The van der Waals surface area contributed by atoms with Crippen molar-refractivity contribution in [2.45, 2.75) is 25.7 Å². The van der Waals surface area contributed by atoms with Crippen LogP contribution in [0.25, 0.3) is 0 Å². The van der Waals surface area contributed by atoms with E-state index in [1.165, 1.54) is 5.57 Å². The molecule has 3 nitrogen and oxygen atoms in total. The molecule has 0 unspecified atom stereocenters. The molecule has 0 aliphatic rings. The predicted octanol–water partition coefficient (Wildman–Crippen LogP) is 4.60. The topological polar surface area (TPSA) is 49.3 Å². The van der Waals surface area contributed by atoms with Crippen molar-refractivity contribution in [1.82, 2.24) is 5.32 Å². The first kappa shape index (κ1) is 16.8. The third-order valence-corrected chi connectivity index (χ3v) is 4.05. The molecule has 0 aliphatic carbocycles. The fourth-order valence-corrected chi connectivity index (χ4v) is 2.80. The molecular formula is C20H23NO2. The van der Waals surface area contributed by atoms with E-state index in [9.17, 15) is 4.79 Å². The molecule has 0 radical (unpaired) electrons. The fraction of sp³-hybridized carbons (Fsp3) is 0.250. The second kappa shape index (κ2) is 7.63. The van der Waals surface area contributed by atoms with Crippen molar-refractivity contribution in [2.75, 3.05) is 6.54 Å². The van der Waals surface area contributed by atoms with Gasteiger partial charge in [0.15, 0.2) is 0 Å². The van der Waals surface area contributed by atoms with Gasteiger partial charge in [0.1, 0.15) is 0 Å². The van der Waals surface area contributed by atoms with Gasteiger partial charge < -0.3 is 10.4 Å². The summed E-state index contributed by atoms with van der Waals surface area (Å²) in [7, 11) is 0. The first-order chi connectivity index (χ1) is 11.0. The third-order valence-electron chi connectivity index (χ3n) is 4.05. The maximum absolute atomic E-state index is 11.1. The summed E-state index contributed by atoms with van der Waals surface area (Å²) in [6, 6.07) is 20.2. The summed E-state index contributed by atoms with van der Waals surface area (Å²) in [5.41, 5.74) is 3.02. The van der Waals surface area contributed by atoms with Crippen LogP contribution in [0.4, 0.5) is 4.79 Å². The number of amides is 1. The van der Waals surface area contributed by atoms with Gasteiger partial charge in [-0.2, -0.15) is 0 Å². The average Bonchev–Trinajstić information content (AvgIpc) is 2.56. The van der Waals surface area contributed by atoms with E-state index < -0.39 is 11.5 Å². The predicted molar refractivity (Wildman–Crippen MR) is 93.7 cm³/mol. The molecule has 0 heterocycles. The quantitative estimate of drug-likeness (QED) is 0.766. The molecular weight excluding hydrogens is 286 g/mol. The number of rotatable bonds is 6. The minimum absolute atomic E-state index is 0.333. The van der Waals surface area contributed by atoms with E-state index in [0.29, 0.717) is 6.54 Å². The molecule has 0 saturated carbocycles. The van der Waals surface area contributed by atoms with E-state index in [0.717, 1.165) is 17.5 Å². The standard InChI is InChI=1S/C20H23NO2/c1-16(2)13-14-20(15-21-19(22)23,17-9-5-3-6-10-17)18-11-7-4-8-12-18/h3-13,21H,14-15H2,1-2H3,(H,22,23). The Balaban J connectivity index is 2.57. The summed E-state index contributed by atoms with van der Waals surface area (Å²) in [5, 5.41) is 11.7. The third kappa shape index (κ3) is 4.22. The van der Waals surface area contributed by atoms with Crippen LogP contribution >= 0.6 is 0 Å². The Morgan fingerprint density at radius 1 is 1.00 bits per heavy atom. The first-order valence-corrected chi connectivity index (χ1v) is 7.76. The number of hydrogen-bond donors (Lipinski definition) is 2. The van der Waals surface area contributed by atoms with E-state index in [-0.39, 0.29) is 0 Å². The average molecular weight is 309 g/mol. The molecule has 0 saturated heterocycles. The Hall–Kier alpha value is -2.55. The van der Waals surface area contributed by atoms with E-state index in [2.05, 4.69) is 49.5 Å². The lowest BCUT2D eigenvalue weighted by Crippen LogP contribution is -2.41. The number of nitrogens with one attached hydrogen (secondary N) is 1. The van der Waals surface area contributed by atoms with Gasteiger partial charge >= 0.3 is 6.09 Å². The van der Waals surface area contributed by atoms with Gasteiger partial charge in [-0.25, -0.2) is 4.79 Å². The van der Waals surface area contributed by atoms with E-state index in [1.807, 2.05) is 36.4 Å². The van der Waals surface area contributed by atoms with E-state index in [1.54, 1.807) is 0 Å². The highest BCUT2D eigenvalue weighted by molar-refractivity contribution is 5.65. The molecule has 0 spiro atoms. The maximum Gasteiger partial charge on any atom is 0.404 e. The van der Waals surface area contributed by atoms with Gasteiger partial charge in [-0.1, -0.05) is 72.3 Å². The largest absolute Gasteiger partial charge is 0.465 e. The van der Waals surface area contributed by atoms with Gasteiger partial charge in [0.25, 0.3) is 0 Å². The van der Waals surface area contributed by atoms with Gasteiger partial charge in [-0.15, -0.1) is 0 Å². The van der Waals surface area contributed by atoms with Crippen molar-refractivity contribution in [1.29, 1.82) is 0 Å². The Labute approximate surface area is 137 Å². The zero-order valence-electron chi connectivity index (χ0n) is 13.6. The van der Waals surface area contributed by atoms with Gasteiger partial charge in [-0.05, 0) is 31.4 Å². The molecule has 2 aromatic rings. The van der Waals surface area contributed by atoms with Crippen molar-refractivity contribution >= 4 is 6.09 Å². The van der Waals surface area contributed by atoms with Gasteiger partial charge in [-0.3, -0.25) is 0 Å². The van der Waals surface area contributed by atoms with Crippen LogP contribution in [-0.2, 0) is 5.41 Å². The summed E-state index contributed by atoms with van der Waals surface area (Å²) >= 11 is 0. The molecule has 3 heteroatoms. The molecule has 120 valence electrons. The SMILES string of the molecule is CC(C)=CCC(CNC(=O)O)(c1ccccc1)c1ccccc1. The van der Waals surface area contributed by atoms with Gasteiger partial charge in [0, 0.05) is 12.0 Å². The second-order valence-electron chi connectivity index (χ2n) is 5.96. The van der Waals surface area contributed by atoms with Crippen molar-refractivity contribution in [3.63, 3.8) is 0 Å². The number of carboxylic acid groups (broad SMARTS) is 1. The van der Waals surface area contributed by atoms with Gasteiger partial charge in [0.2, 0.25) is 0 Å². The number of benzene rings is 2. The smallest absolute Gasteiger partial charge is 0.404 e. The number of allylic oxidation sites excluding steroid dienone is 2. The van der Waals surface area contributed by atoms with Crippen molar-refractivity contribution in [3.05, 3.63) is 83.4 Å². The van der Waals surface area contributed by atoms with Crippen LogP contribution in [0.1, 0.15) is 31.4 Å². The summed E-state index contributed by atoms with van der Waals surface area (Å²) in [4.78, 5) is 11.1. The Morgan fingerprint density at radius 3 is 1.87 bits per heavy atom.